The molecule has 0 aliphatic carbocycles. The van der Waals surface area contributed by atoms with Crippen LogP contribution < -0.4 is 10.5 Å². The molecule has 0 bridgehead atoms. The van der Waals surface area contributed by atoms with E-state index < -0.39 is 0 Å². The van der Waals surface area contributed by atoms with Gasteiger partial charge < -0.3 is 10.5 Å². The summed E-state index contributed by atoms with van der Waals surface area (Å²) in [6, 6.07) is 10.1. The summed E-state index contributed by atoms with van der Waals surface area (Å²) in [4.78, 5) is 0. The van der Waals surface area contributed by atoms with Gasteiger partial charge in [0.2, 0.25) is 0 Å². The molecule has 2 aromatic rings. The Morgan fingerprint density at radius 1 is 1.10 bits per heavy atom. The molecule has 2 aromatic carbocycles. The third kappa shape index (κ3) is 3.50. The zero-order chi connectivity index (χ0) is 14.5. The fourth-order valence-electron chi connectivity index (χ4n) is 2.00. The average molecular weight is 294 g/mol. The van der Waals surface area contributed by atoms with Crippen LogP contribution in [-0.2, 0) is 19.6 Å². The molecule has 0 spiro atoms. The predicted molar refractivity (Wildman–Crippen MR) is 79.5 cm³/mol. The van der Waals surface area contributed by atoms with E-state index in [9.17, 15) is 4.39 Å². The molecule has 106 valence electrons. The van der Waals surface area contributed by atoms with Gasteiger partial charge in [0, 0.05) is 11.6 Å². The normalized spacial score (nSPS) is 10.6. The summed E-state index contributed by atoms with van der Waals surface area (Å²) >= 11 is 6.06. The van der Waals surface area contributed by atoms with Crippen LogP contribution in [0.15, 0.2) is 36.4 Å². The molecular weight excluding hydrogens is 277 g/mol. The highest BCUT2D eigenvalue weighted by Gasteiger charge is 2.05. The lowest BCUT2D eigenvalue weighted by Gasteiger charge is -2.11. The van der Waals surface area contributed by atoms with Crippen molar-refractivity contribution in [1.82, 2.24) is 0 Å². The van der Waals surface area contributed by atoms with E-state index in [0.717, 1.165) is 33.9 Å². The van der Waals surface area contributed by atoms with E-state index in [1.807, 2.05) is 25.1 Å². The topological polar surface area (TPSA) is 35.2 Å². The molecular formula is C16H17ClFNO. The molecule has 2 N–H and O–H groups in total. The first-order valence-electron chi connectivity index (χ1n) is 6.52. The highest BCUT2D eigenvalue weighted by atomic mass is 35.5. The number of hydrogen-bond donors (Lipinski definition) is 1. The van der Waals surface area contributed by atoms with Crippen LogP contribution in [-0.4, -0.2) is 0 Å². The van der Waals surface area contributed by atoms with Gasteiger partial charge in [-0.15, -0.1) is 0 Å². The number of halogens is 2. The predicted octanol–water partition coefficient (Wildman–Crippen LogP) is 4.08. The van der Waals surface area contributed by atoms with Gasteiger partial charge in [-0.3, -0.25) is 0 Å². The smallest absolute Gasteiger partial charge is 0.123 e. The Balaban J connectivity index is 2.12. The van der Waals surface area contributed by atoms with Crippen LogP contribution in [0.2, 0.25) is 5.02 Å². The summed E-state index contributed by atoms with van der Waals surface area (Å²) in [5.41, 5.74) is 8.31. The molecule has 0 fully saturated rings. The molecule has 20 heavy (non-hydrogen) atoms. The van der Waals surface area contributed by atoms with E-state index in [-0.39, 0.29) is 12.4 Å². The monoisotopic (exact) mass is 293 g/mol. The van der Waals surface area contributed by atoms with Crippen molar-refractivity contribution < 1.29 is 9.13 Å². The number of benzene rings is 2. The fraction of sp³-hybridized carbons (Fsp3) is 0.250. The SMILES string of the molecule is CCc1cc(OCc2ccc(F)cc2CN)ccc1Cl. The Morgan fingerprint density at radius 2 is 1.90 bits per heavy atom. The van der Waals surface area contributed by atoms with Gasteiger partial charge in [-0.2, -0.15) is 0 Å². The van der Waals surface area contributed by atoms with Crippen molar-refractivity contribution >= 4 is 11.6 Å². The summed E-state index contributed by atoms with van der Waals surface area (Å²) < 4.78 is 18.9. The second-order valence-corrected chi connectivity index (χ2v) is 4.92. The fourth-order valence-corrected chi connectivity index (χ4v) is 2.25. The molecule has 0 saturated carbocycles. The van der Waals surface area contributed by atoms with Crippen molar-refractivity contribution in [2.45, 2.75) is 26.5 Å². The van der Waals surface area contributed by atoms with E-state index >= 15 is 0 Å². The lowest BCUT2D eigenvalue weighted by Crippen LogP contribution is -2.05. The molecule has 2 nitrogen and oxygen atoms in total. The largest absolute Gasteiger partial charge is 0.489 e. The molecule has 0 saturated heterocycles. The van der Waals surface area contributed by atoms with Crippen molar-refractivity contribution in [3.63, 3.8) is 0 Å². The average Bonchev–Trinajstić information content (AvgIpc) is 2.47. The van der Waals surface area contributed by atoms with Crippen molar-refractivity contribution in [2.24, 2.45) is 5.73 Å². The zero-order valence-corrected chi connectivity index (χ0v) is 12.1. The van der Waals surface area contributed by atoms with Crippen molar-refractivity contribution in [3.8, 4) is 5.75 Å². The highest BCUT2D eigenvalue weighted by molar-refractivity contribution is 6.31. The van der Waals surface area contributed by atoms with Gasteiger partial charge in [0.25, 0.3) is 0 Å². The standard InChI is InChI=1S/C16H17ClFNO/c1-2-11-8-15(5-6-16(11)17)20-10-12-3-4-14(18)7-13(12)9-19/h3-8H,2,9-10,19H2,1H3. The van der Waals surface area contributed by atoms with Gasteiger partial charge in [-0.1, -0.05) is 24.6 Å². The maximum absolute atomic E-state index is 13.1. The van der Waals surface area contributed by atoms with E-state index in [0.29, 0.717) is 6.61 Å². The number of hydrogen-bond acceptors (Lipinski definition) is 2. The summed E-state index contributed by atoms with van der Waals surface area (Å²) in [6.07, 6.45) is 0.848. The van der Waals surface area contributed by atoms with Crippen LogP contribution in [0.4, 0.5) is 4.39 Å². The van der Waals surface area contributed by atoms with Gasteiger partial charge in [-0.05, 0) is 53.4 Å². The van der Waals surface area contributed by atoms with E-state index in [4.69, 9.17) is 22.1 Å². The van der Waals surface area contributed by atoms with Crippen molar-refractivity contribution in [2.75, 3.05) is 0 Å². The minimum Gasteiger partial charge on any atom is -0.489 e. The molecule has 0 amide bonds. The lowest BCUT2D eigenvalue weighted by atomic mass is 10.1. The van der Waals surface area contributed by atoms with Gasteiger partial charge >= 0.3 is 0 Å². The van der Waals surface area contributed by atoms with E-state index in [1.165, 1.54) is 12.1 Å². The molecule has 0 atom stereocenters. The van der Waals surface area contributed by atoms with Gasteiger partial charge in [0.1, 0.15) is 18.2 Å². The Hall–Kier alpha value is -1.58. The highest BCUT2D eigenvalue weighted by Crippen LogP contribution is 2.23. The number of rotatable bonds is 5. The minimum absolute atomic E-state index is 0.283. The van der Waals surface area contributed by atoms with Crippen molar-refractivity contribution in [1.29, 1.82) is 0 Å². The molecule has 0 heterocycles. The summed E-state index contributed by atoms with van der Waals surface area (Å²) in [6.45, 7) is 2.69. The molecule has 2 rings (SSSR count). The van der Waals surface area contributed by atoms with Crippen LogP contribution in [0.25, 0.3) is 0 Å². The van der Waals surface area contributed by atoms with Gasteiger partial charge in [0.05, 0.1) is 0 Å². The molecule has 0 unspecified atom stereocenters. The Labute approximate surface area is 123 Å². The summed E-state index contributed by atoms with van der Waals surface area (Å²) in [7, 11) is 0. The third-order valence-electron chi connectivity index (χ3n) is 3.18. The minimum atomic E-state index is -0.283. The van der Waals surface area contributed by atoms with Gasteiger partial charge in [0.15, 0.2) is 0 Å². The van der Waals surface area contributed by atoms with Crippen LogP contribution in [0.5, 0.6) is 5.75 Å². The number of ether oxygens (including phenoxy) is 1. The van der Waals surface area contributed by atoms with Crippen LogP contribution in [0.1, 0.15) is 23.6 Å². The number of nitrogens with two attached hydrogens (primary N) is 1. The zero-order valence-electron chi connectivity index (χ0n) is 11.3. The second-order valence-electron chi connectivity index (χ2n) is 4.51. The molecule has 0 aromatic heterocycles. The van der Waals surface area contributed by atoms with Crippen LogP contribution >= 0.6 is 11.6 Å². The molecule has 0 radical (unpaired) electrons. The van der Waals surface area contributed by atoms with E-state index in [1.54, 1.807) is 6.07 Å². The Kier molecular flexibility index (Phi) is 4.99. The number of aryl methyl sites for hydroxylation is 1. The first-order chi connectivity index (χ1) is 9.63. The van der Waals surface area contributed by atoms with Crippen LogP contribution in [0.3, 0.4) is 0 Å². The van der Waals surface area contributed by atoms with Crippen molar-refractivity contribution in [3.05, 3.63) is 63.9 Å². The van der Waals surface area contributed by atoms with Gasteiger partial charge in [-0.25, -0.2) is 4.39 Å². The maximum atomic E-state index is 13.1. The third-order valence-corrected chi connectivity index (χ3v) is 3.55. The summed E-state index contributed by atoms with van der Waals surface area (Å²) in [5.74, 6) is 0.465. The lowest BCUT2D eigenvalue weighted by molar-refractivity contribution is 0.304. The maximum Gasteiger partial charge on any atom is 0.123 e. The molecule has 4 heteroatoms. The quantitative estimate of drug-likeness (QED) is 0.901. The summed E-state index contributed by atoms with van der Waals surface area (Å²) in [5, 5.41) is 0.740. The first kappa shape index (κ1) is 14.8. The Bertz CT molecular complexity index is 601. The van der Waals surface area contributed by atoms with Crippen LogP contribution in [0, 0.1) is 5.82 Å². The Morgan fingerprint density at radius 3 is 2.60 bits per heavy atom. The van der Waals surface area contributed by atoms with E-state index in [2.05, 4.69) is 0 Å². The first-order valence-corrected chi connectivity index (χ1v) is 6.90. The molecule has 0 aliphatic rings. The second kappa shape index (κ2) is 6.73. The molecule has 0 aliphatic heterocycles.